The number of aromatic nitrogens is 1. The van der Waals surface area contributed by atoms with Crippen LogP contribution in [-0.2, 0) is 0 Å². The van der Waals surface area contributed by atoms with E-state index in [9.17, 15) is 10.5 Å². The monoisotopic (exact) mass is 646 g/mol. The van der Waals surface area contributed by atoms with E-state index >= 15 is 0 Å². The smallest absolute Gasteiger partial charge is 0.197 e. The van der Waals surface area contributed by atoms with Crippen molar-refractivity contribution in [3.8, 4) is 51.2 Å². The summed E-state index contributed by atoms with van der Waals surface area (Å²) in [6, 6.07) is 57.9. The largest absolute Gasteiger partial charge is 0.309 e. The van der Waals surface area contributed by atoms with E-state index < -0.39 is 0 Å². The number of para-hydroxylation sites is 1. The minimum Gasteiger partial charge on any atom is -0.309 e. The minimum absolute atomic E-state index is 0.454. The number of rotatable bonds is 4. The number of fused-ring (bicyclic) bond motifs is 5. The number of nitrogens with zero attached hydrogens (tertiary/aromatic N) is 4. The molecule has 0 radical (unpaired) electrons. The second-order valence-corrected chi connectivity index (χ2v) is 12.6. The summed E-state index contributed by atoms with van der Waals surface area (Å²) in [5, 5.41) is 26.7. The summed E-state index contributed by atoms with van der Waals surface area (Å²) in [6.07, 6.45) is 0. The molecule has 234 valence electrons. The summed E-state index contributed by atoms with van der Waals surface area (Å²) in [5.74, 6) is 0. The fraction of sp³-hybridized carbons (Fsp3) is 0. The lowest BCUT2D eigenvalue weighted by atomic mass is 9.85. The van der Waals surface area contributed by atoms with E-state index in [0.717, 1.165) is 49.3 Å². The minimum atomic E-state index is 0.454. The van der Waals surface area contributed by atoms with Gasteiger partial charge in [0.15, 0.2) is 5.69 Å². The van der Waals surface area contributed by atoms with Crippen molar-refractivity contribution in [3.63, 3.8) is 0 Å². The normalized spacial score (nSPS) is 11.1. The van der Waals surface area contributed by atoms with E-state index in [1.165, 1.54) is 21.9 Å². The highest BCUT2D eigenvalue weighted by atomic mass is 15.0. The zero-order valence-corrected chi connectivity index (χ0v) is 27.3. The summed E-state index contributed by atoms with van der Waals surface area (Å²) >= 11 is 0. The Morgan fingerprint density at radius 2 is 1.04 bits per heavy atom. The number of benzene rings is 8. The van der Waals surface area contributed by atoms with Crippen LogP contribution in [0.5, 0.6) is 0 Å². The van der Waals surface area contributed by atoms with Crippen LogP contribution in [0.3, 0.4) is 0 Å². The quantitative estimate of drug-likeness (QED) is 0.141. The van der Waals surface area contributed by atoms with E-state index in [4.69, 9.17) is 6.57 Å². The molecule has 0 bridgehead atoms. The first-order chi connectivity index (χ1) is 25.2. The first-order valence-corrected chi connectivity index (χ1v) is 16.7. The third kappa shape index (κ3) is 4.66. The van der Waals surface area contributed by atoms with E-state index in [1.54, 1.807) is 6.07 Å². The van der Waals surface area contributed by atoms with E-state index in [-0.39, 0.29) is 0 Å². The first-order valence-electron chi connectivity index (χ1n) is 16.7. The molecule has 8 aromatic carbocycles. The Morgan fingerprint density at radius 1 is 0.471 bits per heavy atom. The predicted octanol–water partition coefficient (Wildman–Crippen LogP) is 12.4. The molecule has 1 heterocycles. The molecular formula is C47H26N4. The number of hydrogen-bond donors (Lipinski definition) is 0. The standard InChI is InChI=1S/C47H26N4/c1-50-42-27-45(51-43-21-10-9-16-35(43)41-24-30(28-48)22-23-44(41)51)34(29-49)26-40(42)32-14-11-15-33(25-32)47-38-19-7-5-17-36(38)46(31-12-3-2-4-13-31)37-18-6-8-20-39(37)47/h2-27H. The molecule has 0 fully saturated rings. The van der Waals surface area contributed by atoms with Gasteiger partial charge < -0.3 is 4.57 Å². The summed E-state index contributed by atoms with van der Waals surface area (Å²) in [7, 11) is 0. The maximum atomic E-state index is 10.6. The van der Waals surface area contributed by atoms with E-state index in [2.05, 4.69) is 102 Å². The van der Waals surface area contributed by atoms with Crippen molar-refractivity contribution in [2.75, 3.05) is 0 Å². The van der Waals surface area contributed by atoms with Gasteiger partial charge >= 0.3 is 0 Å². The van der Waals surface area contributed by atoms with Crippen molar-refractivity contribution in [3.05, 3.63) is 180 Å². The highest BCUT2D eigenvalue weighted by Gasteiger charge is 2.20. The Labute approximate surface area is 294 Å². The third-order valence-electron chi connectivity index (χ3n) is 9.85. The Bertz CT molecular complexity index is 2940. The number of nitriles is 2. The Morgan fingerprint density at radius 3 is 1.69 bits per heavy atom. The Balaban J connectivity index is 1.27. The molecule has 0 saturated carbocycles. The molecule has 0 atom stereocenters. The van der Waals surface area contributed by atoms with Gasteiger partial charge in [-0.2, -0.15) is 10.5 Å². The van der Waals surface area contributed by atoms with Crippen LogP contribution in [0.4, 0.5) is 5.69 Å². The molecule has 0 aliphatic carbocycles. The topological polar surface area (TPSA) is 56.9 Å². The van der Waals surface area contributed by atoms with Gasteiger partial charge in [0.25, 0.3) is 0 Å². The van der Waals surface area contributed by atoms with Crippen molar-refractivity contribution in [1.29, 1.82) is 10.5 Å². The molecule has 1 aromatic heterocycles. The zero-order valence-electron chi connectivity index (χ0n) is 27.3. The van der Waals surface area contributed by atoms with Crippen molar-refractivity contribution in [2.24, 2.45) is 0 Å². The molecule has 0 aliphatic rings. The summed E-state index contributed by atoms with van der Waals surface area (Å²) < 4.78 is 2.03. The van der Waals surface area contributed by atoms with Crippen LogP contribution < -0.4 is 0 Å². The van der Waals surface area contributed by atoms with Gasteiger partial charge in [0, 0.05) is 10.8 Å². The molecular weight excluding hydrogens is 621 g/mol. The van der Waals surface area contributed by atoms with Gasteiger partial charge in [-0.15, -0.1) is 0 Å². The highest BCUT2D eigenvalue weighted by Crippen LogP contribution is 2.45. The van der Waals surface area contributed by atoms with Gasteiger partial charge in [-0.05, 0) is 97.4 Å². The fourth-order valence-corrected chi connectivity index (χ4v) is 7.67. The first kappa shape index (κ1) is 29.7. The molecule has 0 N–H and O–H groups in total. The lowest BCUT2D eigenvalue weighted by molar-refractivity contribution is 1.17. The second-order valence-electron chi connectivity index (χ2n) is 12.6. The van der Waals surface area contributed by atoms with Crippen LogP contribution in [0.2, 0.25) is 0 Å². The molecule has 0 amide bonds. The van der Waals surface area contributed by atoms with Crippen molar-refractivity contribution in [1.82, 2.24) is 4.57 Å². The van der Waals surface area contributed by atoms with Crippen LogP contribution >= 0.6 is 0 Å². The highest BCUT2D eigenvalue weighted by molar-refractivity contribution is 6.21. The summed E-state index contributed by atoms with van der Waals surface area (Å²) in [5.41, 5.74) is 10.00. The molecule has 4 heteroatoms. The van der Waals surface area contributed by atoms with Crippen molar-refractivity contribution >= 4 is 49.0 Å². The maximum Gasteiger partial charge on any atom is 0.197 e. The third-order valence-corrected chi connectivity index (χ3v) is 9.85. The SMILES string of the molecule is [C-]#[N+]c1cc(-n2c3ccccc3c3cc(C#N)ccc32)c(C#N)cc1-c1cccc(-c2c3ccccc3c(-c3ccccc3)c3ccccc23)c1. The van der Waals surface area contributed by atoms with Crippen LogP contribution in [0.15, 0.2) is 158 Å². The number of hydrogen-bond acceptors (Lipinski definition) is 2. The van der Waals surface area contributed by atoms with E-state index in [0.29, 0.717) is 28.1 Å². The molecule has 51 heavy (non-hydrogen) atoms. The van der Waals surface area contributed by atoms with E-state index in [1.807, 2.05) is 71.3 Å². The fourth-order valence-electron chi connectivity index (χ4n) is 7.67. The zero-order chi connectivity index (χ0) is 34.5. The molecule has 9 rings (SSSR count). The van der Waals surface area contributed by atoms with Crippen LogP contribution in [0.1, 0.15) is 11.1 Å². The van der Waals surface area contributed by atoms with Crippen LogP contribution in [0.25, 0.3) is 87.3 Å². The lowest BCUT2D eigenvalue weighted by Crippen LogP contribution is -1.98. The van der Waals surface area contributed by atoms with Gasteiger partial charge in [0.1, 0.15) is 6.07 Å². The molecule has 0 unspecified atom stereocenters. The van der Waals surface area contributed by atoms with Gasteiger partial charge in [-0.1, -0.05) is 115 Å². The van der Waals surface area contributed by atoms with Gasteiger partial charge in [-0.3, -0.25) is 0 Å². The molecule has 0 saturated heterocycles. The summed E-state index contributed by atoms with van der Waals surface area (Å²) in [4.78, 5) is 4.01. The van der Waals surface area contributed by atoms with Crippen molar-refractivity contribution in [2.45, 2.75) is 0 Å². The van der Waals surface area contributed by atoms with Gasteiger partial charge in [0.05, 0.1) is 40.5 Å². The lowest BCUT2D eigenvalue weighted by Gasteiger charge is -2.18. The molecule has 9 aromatic rings. The van der Waals surface area contributed by atoms with Crippen LogP contribution in [0, 0.1) is 29.2 Å². The Kier molecular flexibility index (Phi) is 6.93. The molecule has 0 aliphatic heterocycles. The average molecular weight is 647 g/mol. The van der Waals surface area contributed by atoms with Gasteiger partial charge in [0.2, 0.25) is 0 Å². The average Bonchev–Trinajstić information content (AvgIpc) is 3.53. The van der Waals surface area contributed by atoms with Gasteiger partial charge in [-0.25, -0.2) is 4.85 Å². The molecule has 0 spiro atoms. The maximum absolute atomic E-state index is 10.6. The van der Waals surface area contributed by atoms with Crippen LogP contribution in [-0.4, -0.2) is 4.57 Å². The molecule has 4 nitrogen and oxygen atoms in total. The van der Waals surface area contributed by atoms with Crippen molar-refractivity contribution < 1.29 is 0 Å². The predicted molar refractivity (Wildman–Crippen MR) is 208 cm³/mol. The summed E-state index contributed by atoms with van der Waals surface area (Å²) in [6.45, 7) is 8.30. The second kappa shape index (κ2) is 11.9. The Hall–Kier alpha value is -7.45.